The number of hydrogen-bond acceptors (Lipinski definition) is 5. The third-order valence-corrected chi connectivity index (χ3v) is 10.2. The van der Waals surface area contributed by atoms with E-state index in [1.165, 1.54) is 4.90 Å². The number of carboxylic acid groups (broad SMARTS) is 1. The molecule has 0 aromatic heterocycles. The Morgan fingerprint density at radius 3 is 2.02 bits per heavy atom. The Morgan fingerprint density at radius 1 is 0.878 bits per heavy atom. The fourth-order valence-electron chi connectivity index (χ4n) is 7.54. The van der Waals surface area contributed by atoms with Gasteiger partial charge in [-0.15, -0.1) is 0 Å². The van der Waals surface area contributed by atoms with Gasteiger partial charge in [0.05, 0.1) is 17.7 Å². The molecule has 0 unspecified atom stereocenters. The number of hydrogen-bond donors (Lipinski definition) is 4. The molecule has 4 aromatic carbocycles. The summed E-state index contributed by atoms with van der Waals surface area (Å²) in [5.74, 6) is -0.409. The second-order valence-corrected chi connectivity index (χ2v) is 14.1. The van der Waals surface area contributed by atoms with Crippen molar-refractivity contribution in [1.82, 2.24) is 10.2 Å². The summed E-state index contributed by atoms with van der Waals surface area (Å²) in [6.07, 6.45) is -1.72. The Labute approximate surface area is 286 Å². The highest BCUT2D eigenvalue weighted by Gasteiger charge is 2.57. The second kappa shape index (κ2) is 13.4. The second-order valence-electron chi connectivity index (χ2n) is 14.1. The van der Waals surface area contributed by atoms with Crippen molar-refractivity contribution in [3.63, 3.8) is 0 Å². The lowest BCUT2D eigenvalue weighted by atomic mass is 9.68. The fourth-order valence-corrected chi connectivity index (χ4v) is 7.54. The van der Waals surface area contributed by atoms with Crippen molar-refractivity contribution in [1.29, 1.82) is 0 Å². The summed E-state index contributed by atoms with van der Waals surface area (Å²) >= 11 is 0. The average molecular weight is 662 g/mol. The number of carbonyl (C=O) groups is 3. The molecule has 0 radical (unpaired) electrons. The molecule has 254 valence electrons. The zero-order valence-electron chi connectivity index (χ0n) is 28.2. The van der Waals surface area contributed by atoms with Crippen molar-refractivity contribution in [2.45, 2.75) is 76.8 Å². The van der Waals surface area contributed by atoms with Gasteiger partial charge in [0.1, 0.15) is 6.04 Å². The van der Waals surface area contributed by atoms with Crippen LogP contribution in [0.4, 0.5) is 15.3 Å². The number of carbonyl (C=O) groups excluding carboxylic acids is 2. The number of fused-ring (bicyclic) bond motifs is 3. The van der Waals surface area contributed by atoms with Crippen LogP contribution in [0.2, 0.25) is 0 Å². The van der Waals surface area contributed by atoms with Gasteiger partial charge in [-0.2, -0.15) is 0 Å². The standard InChI is InChI=1S/C40H43N3O6/c1-25(41-37(46)49-35-31-16-10-8-14-29(31)30-15-9-11-17-32(30)35)36(45)42-28-20-18-26(19-21-28)24-40(39(2,3)4)23-22-33(43(40)38(47)48)34(44)27-12-6-5-7-13-27/h5-21,25,33-35,44H,22-24H2,1-4H3,(H,41,46)(H,42,45)(H,47,48)/t25-,33+,34+,40-/m0/s1. The lowest BCUT2D eigenvalue weighted by Crippen LogP contribution is -2.59. The summed E-state index contributed by atoms with van der Waals surface area (Å²) in [4.78, 5) is 40.4. The molecule has 0 saturated carbocycles. The predicted octanol–water partition coefficient (Wildman–Crippen LogP) is 7.71. The summed E-state index contributed by atoms with van der Waals surface area (Å²) < 4.78 is 5.83. The first kappa shape index (κ1) is 33.7. The minimum Gasteiger partial charge on any atom is -0.465 e. The van der Waals surface area contributed by atoms with Gasteiger partial charge < -0.3 is 25.6 Å². The van der Waals surface area contributed by atoms with E-state index < -0.39 is 53.3 Å². The number of amides is 3. The molecule has 1 saturated heterocycles. The number of anilines is 1. The van der Waals surface area contributed by atoms with Crippen LogP contribution in [0.5, 0.6) is 0 Å². The van der Waals surface area contributed by atoms with Crippen LogP contribution >= 0.6 is 0 Å². The first-order chi connectivity index (χ1) is 23.4. The van der Waals surface area contributed by atoms with Crippen LogP contribution in [0.1, 0.15) is 75.0 Å². The van der Waals surface area contributed by atoms with Crippen molar-refractivity contribution in [3.05, 3.63) is 125 Å². The highest BCUT2D eigenvalue weighted by atomic mass is 16.6. The number of benzene rings is 4. The third kappa shape index (κ3) is 6.50. The van der Waals surface area contributed by atoms with Crippen LogP contribution in [-0.4, -0.2) is 50.8 Å². The van der Waals surface area contributed by atoms with E-state index in [4.69, 9.17) is 4.74 Å². The number of nitrogens with zero attached hydrogens (tertiary/aromatic N) is 1. The van der Waals surface area contributed by atoms with Gasteiger partial charge in [0.15, 0.2) is 6.10 Å². The van der Waals surface area contributed by atoms with Crippen LogP contribution in [-0.2, 0) is 16.0 Å². The van der Waals surface area contributed by atoms with Crippen LogP contribution < -0.4 is 10.6 Å². The van der Waals surface area contributed by atoms with Gasteiger partial charge in [0.2, 0.25) is 5.91 Å². The molecular formula is C40H43N3O6. The topological polar surface area (TPSA) is 128 Å². The Balaban J connectivity index is 1.11. The molecule has 4 aromatic rings. The van der Waals surface area contributed by atoms with Crippen LogP contribution in [0.25, 0.3) is 11.1 Å². The largest absolute Gasteiger partial charge is 0.465 e. The monoisotopic (exact) mass is 661 g/mol. The van der Waals surface area contributed by atoms with Gasteiger partial charge in [0.25, 0.3) is 0 Å². The smallest absolute Gasteiger partial charge is 0.408 e. The van der Waals surface area contributed by atoms with E-state index in [1.807, 2.05) is 112 Å². The van der Waals surface area contributed by atoms with E-state index in [1.54, 1.807) is 19.1 Å². The molecule has 0 bridgehead atoms. The molecule has 4 N–H and O–H groups in total. The Hall–Kier alpha value is -5.15. The molecule has 0 spiro atoms. The number of aliphatic hydroxyl groups is 1. The Bertz CT molecular complexity index is 1790. The number of ether oxygens (including phenoxy) is 1. The molecule has 49 heavy (non-hydrogen) atoms. The molecule has 6 rings (SSSR count). The molecule has 4 atom stereocenters. The zero-order chi connectivity index (χ0) is 34.9. The normalized spacial score (nSPS) is 19.8. The summed E-state index contributed by atoms with van der Waals surface area (Å²) in [5.41, 5.74) is 4.75. The van der Waals surface area contributed by atoms with E-state index in [9.17, 15) is 24.6 Å². The van der Waals surface area contributed by atoms with Gasteiger partial charge >= 0.3 is 12.2 Å². The van der Waals surface area contributed by atoms with Crippen LogP contribution in [0.3, 0.4) is 0 Å². The first-order valence-electron chi connectivity index (χ1n) is 16.7. The lowest BCUT2D eigenvalue weighted by Gasteiger charge is -2.49. The average Bonchev–Trinajstić information content (AvgIpc) is 3.63. The number of nitrogens with one attached hydrogen (secondary N) is 2. The molecule has 1 fully saturated rings. The van der Waals surface area contributed by atoms with Crippen molar-refractivity contribution < 1.29 is 29.3 Å². The SMILES string of the molecule is C[C@H](NC(=O)OC1c2ccccc2-c2ccccc21)C(=O)Nc1ccc(C[C@]2(C(C)(C)C)CC[C@H]([C@H](O)c3ccccc3)N2C(=O)O)cc1. The van der Waals surface area contributed by atoms with E-state index in [0.717, 1.165) is 27.8 Å². The van der Waals surface area contributed by atoms with E-state index >= 15 is 0 Å². The van der Waals surface area contributed by atoms with Crippen molar-refractivity contribution in [2.75, 3.05) is 5.32 Å². The molecule has 1 heterocycles. The Morgan fingerprint density at radius 2 is 1.45 bits per heavy atom. The minimum absolute atomic E-state index is 0.409. The number of rotatable bonds is 8. The van der Waals surface area contributed by atoms with Crippen LogP contribution in [0, 0.1) is 5.41 Å². The van der Waals surface area contributed by atoms with Crippen molar-refractivity contribution in [2.24, 2.45) is 5.41 Å². The predicted molar refractivity (Wildman–Crippen MR) is 188 cm³/mol. The van der Waals surface area contributed by atoms with Gasteiger partial charge in [-0.05, 0) is 66.0 Å². The highest BCUT2D eigenvalue weighted by molar-refractivity contribution is 5.96. The van der Waals surface area contributed by atoms with Gasteiger partial charge in [0, 0.05) is 16.8 Å². The number of alkyl carbamates (subject to hydrolysis) is 1. The van der Waals surface area contributed by atoms with E-state index in [2.05, 4.69) is 10.6 Å². The van der Waals surface area contributed by atoms with Gasteiger partial charge in [-0.3, -0.25) is 9.69 Å². The lowest BCUT2D eigenvalue weighted by molar-refractivity contribution is -0.117. The third-order valence-electron chi connectivity index (χ3n) is 10.2. The summed E-state index contributed by atoms with van der Waals surface area (Å²) in [7, 11) is 0. The summed E-state index contributed by atoms with van der Waals surface area (Å²) in [6, 6.07) is 30.6. The molecule has 1 aliphatic heterocycles. The molecule has 9 heteroatoms. The summed E-state index contributed by atoms with van der Waals surface area (Å²) in [6.45, 7) is 7.71. The zero-order valence-corrected chi connectivity index (χ0v) is 28.2. The molecule has 2 aliphatic rings. The maximum absolute atomic E-state index is 13.1. The Kier molecular flexibility index (Phi) is 9.22. The maximum atomic E-state index is 13.1. The van der Waals surface area contributed by atoms with Gasteiger partial charge in [-0.1, -0.05) is 112 Å². The summed E-state index contributed by atoms with van der Waals surface area (Å²) in [5, 5.41) is 27.3. The van der Waals surface area contributed by atoms with Crippen molar-refractivity contribution >= 4 is 23.8 Å². The fraction of sp³-hybridized carbons (Fsp3) is 0.325. The minimum atomic E-state index is -1.06. The van der Waals surface area contributed by atoms with E-state index in [0.29, 0.717) is 30.5 Å². The first-order valence-corrected chi connectivity index (χ1v) is 16.7. The highest BCUT2D eigenvalue weighted by Crippen LogP contribution is 2.51. The maximum Gasteiger partial charge on any atom is 0.408 e. The number of likely N-dealkylation sites (tertiary alicyclic amines) is 1. The van der Waals surface area contributed by atoms with Crippen molar-refractivity contribution in [3.8, 4) is 11.1 Å². The van der Waals surface area contributed by atoms with E-state index in [-0.39, 0.29) is 0 Å². The molecule has 1 aliphatic carbocycles. The molecular weight excluding hydrogens is 618 g/mol. The number of aliphatic hydroxyl groups excluding tert-OH is 1. The quantitative estimate of drug-likeness (QED) is 0.153. The molecule has 9 nitrogen and oxygen atoms in total. The van der Waals surface area contributed by atoms with Crippen LogP contribution in [0.15, 0.2) is 103 Å². The molecule has 3 amide bonds. The van der Waals surface area contributed by atoms with Gasteiger partial charge in [-0.25, -0.2) is 9.59 Å².